The van der Waals surface area contributed by atoms with E-state index in [0.717, 1.165) is 40.9 Å². The highest BCUT2D eigenvalue weighted by Gasteiger charge is 2.26. The summed E-state index contributed by atoms with van der Waals surface area (Å²) in [7, 11) is 1.36. The van der Waals surface area contributed by atoms with Crippen LogP contribution in [-0.4, -0.2) is 39.5 Å². The van der Waals surface area contributed by atoms with Gasteiger partial charge in [-0.15, -0.1) is 32.9 Å². The maximum absolute atomic E-state index is 13.1. The number of thioether (sulfide) groups is 1. The van der Waals surface area contributed by atoms with Crippen molar-refractivity contribution in [2.75, 3.05) is 18.2 Å². The van der Waals surface area contributed by atoms with Gasteiger partial charge in [0.15, 0.2) is 11.0 Å². The molecule has 0 fully saturated rings. The standard InChI is InChI=1S/C29H32N4O3S3/c1-16(2)33-26(22-14-37-23-9-7-6-8-19(22)23)31-32-29(33)39-15-24(34)30-27-25(28(35)36-5)21(13-38-27)20-12-17(3)10-11-18(20)4/h10-14,16H,6-9,15H2,1-5H3,(H,30,34). The van der Waals surface area contributed by atoms with Crippen molar-refractivity contribution in [1.82, 2.24) is 14.8 Å². The van der Waals surface area contributed by atoms with Gasteiger partial charge in [-0.1, -0.05) is 35.5 Å². The number of methoxy groups -OCH3 is 1. The Hall–Kier alpha value is -2.95. The van der Waals surface area contributed by atoms with Gasteiger partial charge in [-0.2, -0.15) is 0 Å². The van der Waals surface area contributed by atoms with Gasteiger partial charge in [0.05, 0.1) is 12.9 Å². The molecule has 1 aliphatic carbocycles. The molecule has 0 spiro atoms. The van der Waals surface area contributed by atoms with E-state index in [1.807, 2.05) is 48.8 Å². The van der Waals surface area contributed by atoms with E-state index in [1.165, 1.54) is 59.1 Å². The van der Waals surface area contributed by atoms with Crippen molar-refractivity contribution in [3.8, 4) is 22.5 Å². The van der Waals surface area contributed by atoms with E-state index in [1.54, 1.807) is 0 Å². The fourth-order valence-corrected chi connectivity index (χ4v) is 7.93. The van der Waals surface area contributed by atoms with Crippen LogP contribution < -0.4 is 5.32 Å². The number of ether oxygens (including phenoxy) is 1. The number of aryl methyl sites for hydroxylation is 3. The number of benzene rings is 1. The summed E-state index contributed by atoms with van der Waals surface area (Å²) in [5, 5.41) is 17.3. The van der Waals surface area contributed by atoms with Crippen molar-refractivity contribution in [3.63, 3.8) is 0 Å². The van der Waals surface area contributed by atoms with E-state index in [4.69, 9.17) is 4.74 Å². The molecule has 0 aliphatic heterocycles. The molecular formula is C29H32N4O3S3. The van der Waals surface area contributed by atoms with Crippen LogP contribution in [0.15, 0.2) is 34.1 Å². The second-order valence-electron chi connectivity index (χ2n) is 10.0. The van der Waals surface area contributed by atoms with Crippen LogP contribution in [-0.2, 0) is 22.4 Å². The number of aromatic nitrogens is 3. The molecule has 0 unspecified atom stereocenters. The first-order valence-corrected chi connectivity index (χ1v) is 15.8. The van der Waals surface area contributed by atoms with Crippen molar-refractivity contribution in [2.45, 2.75) is 64.6 Å². The zero-order chi connectivity index (χ0) is 27.7. The van der Waals surface area contributed by atoms with Gasteiger partial charge in [-0.3, -0.25) is 9.36 Å². The van der Waals surface area contributed by atoms with Gasteiger partial charge < -0.3 is 10.1 Å². The predicted octanol–water partition coefficient (Wildman–Crippen LogP) is 7.33. The van der Waals surface area contributed by atoms with Crippen molar-refractivity contribution < 1.29 is 14.3 Å². The van der Waals surface area contributed by atoms with Crippen LogP contribution in [0.25, 0.3) is 22.5 Å². The fraction of sp³-hybridized carbons (Fsp3) is 0.379. The highest BCUT2D eigenvalue weighted by atomic mass is 32.2. The van der Waals surface area contributed by atoms with E-state index >= 15 is 0 Å². The topological polar surface area (TPSA) is 86.1 Å². The van der Waals surface area contributed by atoms with Crippen LogP contribution in [0.2, 0.25) is 0 Å². The quantitative estimate of drug-likeness (QED) is 0.173. The zero-order valence-electron chi connectivity index (χ0n) is 22.8. The normalized spacial score (nSPS) is 13.0. The average Bonchev–Trinajstić information content (AvgIpc) is 3.65. The summed E-state index contributed by atoms with van der Waals surface area (Å²) < 4.78 is 7.21. The molecule has 204 valence electrons. The maximum atomic E-state index is 13.1. The number of nitrogens with zero attached hydrogens (tertiary/aromatic N) is 3. The van der Waals surface area contributed by atoms with Crippen molar-refractivity contribution >= 4 is 51.3 Å². The van der Waals surface area contributed by atoms with Gasteiger partial charge in [0.2, 0.25) is 5.91 Å². The van der Waals surface area contributed by atoms with E-state index in [0.29, 0.717) is 15.7 Å². The number of rotatable bonds is 8. The number of fused-ring (bicyclic) bond motifs is 1. The Morgan fingerprint density at radius 2 is 1.85 bits per heavy atom. The number of amides is 1. The average molecular weight is 581 g/mol. The molecule has 1 N–H and O–H groups in total. The lowest BCUT2D eigenvalue weighted by Crippen LogP contribution is -2.16. The van der Waals surface area contributed by atoms with Crippen LogP contribution in [0.5, 0.6) is 0 Å². The number of anilines is 1. The highest BCUT2D eigenvalue weighted by Crippen LogP contribution is 2.39. The van der Waals surface area contributed by atoms with E-state index < -0.39 is 5.97 Å². The Morgan fingerprint density at radius 3 is 2.62 bits per heavy atom. The zero-order valence-corrected chi connectivity index (χ0v) is 25.2. The first-order chi connectivity index (χ1) is 18.8. The minimum Gasteiger partial charge on any atom is -0.465 e. The molecular weight excluding hydrogens is 549 g/mol. The Morgan fingerprint density at radius 1 is 1.08 bits per heavy atom. The summed E-state index contributed by atoms with van der Waals surface area (Å²) in [6.07, 6.45) is 4.67. The van der Waals surface area contributed by atoms with Gasteiger partial charge in [0, 0.05) is 32.8 Å². The Bertz CT molecular complexity index is 1530. The molecule has 1 aliphatic rings. The lowest BCUT2D eigenvalue weighted by molar-refractivity contribution is -0.113. The molecule has 5 rings (SSSR count). The summed E-state index contributed by atoms with van der Waals surface area (Å²) in [6.45, 7) is 8.24. The number of hydrogen-bond donors (Lipinski definition) is 1. The van der Waals surface area contributed by atoms with Gasteiger partial charge in [0.1, 0.15) is 10.6 Å². The van der Waals surface area contributed by atoms with Gasteiger partial charge >= 0.3 is 5.97 Å². The number of thiophene rings is 2. The molecule has 3 aromatic heterocycles. The second-order valence-corrected chi connectivity index (χ2v) is 12.8. The molecule has 0 bridgehead atoms. The summed E-state index contributed by atoms with van der Waals surface area (Å²) in [4.78, 5) is 27.3. The number of esters is 1. The number of carbonyl (C=O) groups excluding carboxylic acids is 2. The third-order valence-corrected chi connectivity index (χ3v) is 9.86. The predicted molar refractivity (Wildman–Crippen MR) is 160 cm³/mol. The molecule has 10 heteroatoms. The summed E-state index contributed by atoms with van der Waals surface area (Å²) in [6, 6.07) is 6.26. The van der Waals surface area contributed by atoms with Crippen molar-refractivity contribution in [3.05, 3.63) is 56.1 Å². The van der Waals surface area contributed by atoms with Gasteiger partial charge in [-0.25, -0.2) is 4.79 Å². The van der Waals surface area contributed by atoms with E-state index in [-0.39, 0.29) is 17.7 Å². The Labute approximate surface area is 241 Å². The molecule has 1 aromatic carbocycles. The smallest absolute Gasteiger partial charge is 0.341 e. The fourth-order valence-electron chi connectivity index (χ4n) is 4.98. The molecule has 0 saturated carbocycles. The molecule has 1 amide bonds. The SMILES string of the molecule is COC(=O)c1c(-c2cc(C)ccc2C)csc1NC(=O)CSc1nnc(-c2csc3c2CCCC3)n1C(C)C. The molecule has 3 heterocycles. The molecule has 0 radical (unpaired) electrons. The highest BCUT2D eigenvalue weighted by molar-refractivity contribution is 7.99. The molecule has 0 atom stereocenters. The molecule has 0 saturated heterocycles. The Kier molecular flexibility index (Phi) is 8.25. The van der Waals surface area contributed by atoms with Gasteiger partial charge in [-0.05, 0) is 70.1 Å². The Balaban J connectivity index is 1.36. The van der Waals surface area contributed by atoms with Crippen molar-refractivity contribution in [2.24, 2.45) is 0 Å². The van der Waals surface area contributed by atoms with Crippen molar-refractivity contribution in [1.29, 1.82) is 0 Å². The van der Waals surface area contributed by atoms with Crippen LogP contribution in [0, 0.1) is 13.8 Å². The maximum Gasteiger partial charge on any atom is 0.341 e. The molecule has 39 heavy (non-hydrogen) atoms. The van der Waals surface area contributed by atoms with Crippen LogP contribution in [0.3, 0.4) is 0 Å². The third kappa shape index (κ3) is 5.55. The van der Waals surface area contributed by atoms with E-state index in [9.17, 15) is 9.59 Å². The number of nitrogens with one attached hydrogen (secondary N) is 1. The van der Waals surface area contributed by atoms with Crippen LogP contribution in [0.1, 0.15) is 64.7 Å². The van der Waals surface area contributed by atoms with E-state index in [2.05, 4.69) is 39.3 Å². The first kappa shape index (κ1) is 27.6. The van der Waals surface area contributed by atoms with Crippen LogP contribution >= 0.6 is 34.4 Å². The van der Waals surface area contributed by atoms with Gasteiger partial charge in [0.25, 0.3) is 0 Å². The molecule has 7 nitrogen and oxygen atoms in total. The summed E-state index contributed by atoms with van der Waals surface area (Å²) >= 11 is 4.50. The minimum absolute atomic E-state index is 0.142. The third-order valence-electron chi connectivity index (χ3n) is 6.93. The summed E-state index contributed by atoms with van der Waals surface area (Å²) in [5.41, 5.74) is 6.82. The largest absolute Gasteiger partial charge is 0.465 e. The molecule has 4 aromatic rings. The summed E-state index contributed by atoms with van der Waals surface area (Å²) in [5.74, 6) is 0.326. The monoisotopic (exact) mass is 580 g/mol. The number of carbonyl (C=O) groups is 2. The lowest BCUT2D eigenvalue weighted by atomic mass is 9.95. The lowest BCUT2D eigenvalue weighted by Gasteiger charge is -2.16. The van der Waals surface area contributed by atoms with Crippen LogP contribution in [0.4, 0.5) is 5.00 Å². The first-order valence-electron chi connectivity index (χ1n) is 13.0. The second kappa shape index (κ2) is 11.7. The minimum atomic E-state index is -0.474. The number of hydrogen-bond acceptors (Lipinski definition) is 8.